The van der Waals surface area contributed by atoms with Gasteiger partial charge in [0, 0.05) is 6.54 Å². The zero-order valence-electron chi connectivity index (χ0n) is 9.90. The van der Waals surface area contributed by atoms with Crippen LogP contribution in [0.15, 0.2) is 22.8 Å². The van der Waals surface area contributed by atoms with Gasteiger partial charge in [0.2, 0.25) is 5.91 Å². The molecule has 2 atom stereocenters. The van der Waals surface area contributed by atoms with Crippen molar-refractivity contribution in [2.75, 3.05) is 6.54 Å². The number of nitrogens with one attached hydrogen (secondary N) is 2. The first-order valence-corrected chi connectivity index (χ1v) is 5.50. The van der Waals surface area contributed by atoms with Crippen molar-refractivity contribution in [2.45, 2.75) is 32.0 Å². The normalized spacial score (nSPS) is 14.5. The van der Waals surface area contributed by atoms with Gasteiger partial charge in [-0.05, 0) is 19.1 Å². The van der Waals surface area contributed by atoms with Gasteiger partial charge in [-0.1, -0.05) is 0 Å². The lowest BCUT2D eigenvalue weighted by Crippen LogP contribution is -2.45. The molecule has 1 rings (SSSR count). The second-order valence-electron chi connectivity index (χ2n) is 3.83. The number of hydrogen-bond donors (Lipinski definition) is 3. The summed E-state index contributed by atoms with van der Waals surface area (Å²) in [5, 5.41) is 14.0. The van der Waals surface area contributed by atoms with Crippen molar-refractivity contribution in [1.82, 2.24) is 10.6 Å². The van der Waals surface area contributed by atoms with Gasteiger partial charge in [0.1, 0.15) is 11.9 Å². The molecule has 0 saturated heterocycles. The highest BCUT2D eigenvalue weighted by Gasteiger charge is 2.19. The van der Waals surface area contributed by atoms with Gasteiger partial charge in [0.25, 0.3) is 6.43 Å². The maximum absolute atomic E-state index is 12.0. The Morgan fingerprint density at radius 3 is 2.83 bits per heavy atom. The maximum Gasteiger partial charge on any atom is 0.265 e. The Bertz CT molecular complexity index is 357. The molecule has 3 N–H and O–H groups in total. The number of alkyl halides is 2. The van der Waals surface area contributed by atoms with E-state index >= 15 is 0 Å². The van der Waals surface area contributed by atoms with Gasteiger partial charge in [-0.25, -0.2) is 8.78 Å². The van der Waals surface area contributed by atoms with Crippen molar-refractivity contribution in [3.63, 3.8) is 0 Å². The first-order valence-electron chi connectivity index (χ1n) is 5.50. The number of amides is 1. The number of aliphatic hydroxyl groups is 1. The summed E-state index contributed by atoms with van der Waals surface area (Å²) in [6.07, 6.45) is -3.11. The summed E-state index contributed by atoms with van der Waals surface area (Å²) in [5.41, 5.74) is 0. The van der Waals surface area contributed by atoms with Gasteiger partial charge >= 0.3 is 0 Å². The second kappa shape index (κ2) is 7.07. The van der Waals surface area contributed by atoms with E-state index in [-0.39, 0.29) is 19.0 Å². The smallest absolute Gasteiger partial charge is 0.265 e. The van der Waals surface area contributed by atoms with Crippen LogP contribution in [0.1, 0.15) is 12.7 Å². The molecule has 7 heteroatoms. The fraction of sp³-hybridized carbons (Fsp3) is 0.545. The molecule has 0 bridgehead atoms. The summed E-state index contributed by atoms with van der Waals surface area (Å²) < 4.78 is 29.0. The molecule has 2 unspecified atom stereocenters. The molecule has 0 aromatic carbocycles. The van der Waals surface area contributed by atoms with E-state index < -0.39 is 18.6 Å². The number of aliphatic hydroxyl groups excluding tert-OH is 1. The molecule has 102 valence electrons. The summed E-state index contributed by atoms with van der Waals surface area (Å²) in [7, 11) is 0. The summed E-state index contributed by atoms with van der Waals surface area (Å²) in [6, 6.07) is 2.73. The van der Waals surface area contributed by atoms with E-state index in [1.165, 1.54) is 13.2 Å². The topological polar surface area (TPSA) is 74.5 Å². The largest absolute Gasteiger partial charge is 0.467 e. The van der Waals surface area contributed by atoms with Gasteiger partial charge in [0.15, 0.2) is 0 Å². The van der Waals surface area contributed by atoms with Crippen LogP contribution in [0.25, 0.3) is 0 Å². The zero-order chi connectivity index (χ0) is 13.5. The summed E-state index contributed by atoms with van der Waals surface area (Å²) in [5.74, 6) is 0.246. The lowest BCUT2D eigenvalue weighted by molar-refractivity contribution is -0.123. The highest BCUT2D eigenvalue weighted by atomic mass is 19.3. The van der Waals surface area contributed by atoms with E-state index in [9.17, 15) is 13.6 Å². The van der Waals surface area contributed by atoms with Crippen molar-refractivity contribution >= 4 is 5.91 Å². The monoisotopic (exact) mass is 262 g/mol. The Hall–Kier alpha value is -1.47. The quantitative estimate of drug-likeness (QED) is 0.669. The maximum atomic E-state index is 12.0. The molecule has 0 aliphatic heterocycles. The van der Waals surface area contributed by atoms with Gasteiger partial charge in [-0.15, -0.1) is 0 Å². The van der Waals surface area contributed by atoms with Crippen LogP contribution in [0.3, 0.4) is 0 Å². The molecule has 0 aliphatic rings. The first-order chi connectivity index (χ1) is 8.50. The third-order valence-electron chi connectivity index (χ3n) is 2.33. The average Bonchev–Trinajstić information content (AvgIpc) is 2.85. The fourth-order valence-corrected chi connectivity index (χ4v) is 1.22. The lowest BCUT2D eigenvalue weighted by atomic mass is 10.2. The minimum absolute atomic E-state index is 0.231. The van der Waals surface area contributed by atoms with E-state index in [0.717, 1.165) is 0 Å². The van der Waals surface area contributed by atoms with Crippen molar-refractivity contribution < 1.29 is 23.1 Å². The van der Waals surface area contributed by atoms with E-state index in [0.29, 0.717) is 5.76 Å². The summed E-state index contributed by atoms with van der Waals surface area (Å²) in [4.78, 5) is 11.5. The van der Waals surface area contributed by atoms with Gasteiger partial charge < -0.3 is 20.2 Å². The predicted molar refractivity (Wildman–Crippen MR) is 60.0 cm³/mol. The first kappa shape index (κ1) is 14.6. The SMILES string of the molecule is CC(NCC(O)C(F)F)C(=O)NCc1ccco1. The second-order valence-corrected chi connectivity index (χ2v) is 3.83. The molecular formula is C11H16F2N2O3. The van der Waals surface area contributed by atoms with E-state index in [1.807, 2.05) is 0 Å². The van der Waals surface area contributed by atoms with E-state index in [1.54, 1.807) is 12.1 Å². The predicted octanol–water partition coefficient (Wildman–Crippen LogP) is 0.500. The molecule has 1 heterocycles. The molecule has 0 fully saturated rings. The standard InChI is InChI=1S/C11H16F2N2O3/c1-7(14-6-9(16)10(12)13)11(17)15-5-8-3-2-4-18-8/h2-4,7,9-10,14,16H,5-6H2,1H3,(H,15,17). The van der Waals surface area contributed by atoms with Crippen LogP contribution in [0.5, 0.6) is 0 Å². The highest BCUT2D eigenvalue weighted by molar-refractivity contribution is 5.81. The van der Waals surface area contributed by atoms with Crippen molar-refractivity contribution in [1.29, 1.82) is 0 Å². The summed E-state index contributed by atoms with van der Waals surface area (Å²) in [6.45, 7) is 1.41. The van der Waals surface area contributed by atoms with Crippen LogP contribution in [0.2, 0.25) is 0 Å². The Morgan fingerprint density at radius 2 is 2.28 bits per heavy atom. The zero-order valence-corrected chi connectivity index (χ0v) is 9.90. The van der Waals surface area contributed by atoms with Crippen LogP contribution in [0, 0.1) is 0 Å². The highest BCUT2D eigenvalue weighted by Crippen LogP contribution is 2.00. The molecule has 0 radical (unpaired) electrons. The fourth-order valence-electron chi connectivity index (χ4n) is 1.22. The Labute approximate surface area is 103 Å². The molecule has 5 nitrogen and oxygen atoms in total. The number of carbonyl (C=O) groups excluding carboxylic acids is 1. The number of furan rings is 1. The molecule has 1 amide bonds. The third-order valence-corrected chi connectivity index (χ3v) is 2.33. The van der Waals surface area contributed by atoms with Gasteiger partial charge in [-0.3, -0.25) is 4.79 Å². The molecule has 0 aliphatic carbocycles. The minimum atomic E-state index is -2.82. The lowest BCUT2D eigenvalue weighted by Gasteiger charge is -2.16. The third kappa shape index (κ3) is 4.80. The number of hydrogen-bond acceptors (Lipinski definition) is 4. The van der Waals surface area contributed by atoms with Crippen LogP contribution in [0.4, 0.5) is 8.78 Å². The molecular weight excluding hydrogens is 246 g/mol. The minimum Gasteiger partial charge on any atom is -0.467 e. The molecule has 1 aromatic rings. The average molecular weight is 262 g/mol. The van der Waals surface area contributed by atoms with Crippen molar-refractivity contribution in [3.8, 4) is 0 Å². The van der Waals surface area contributed by atoms with E-state index in [2.05, 4.69) is 10.6 Å². The van der Waals surface area contributed by atoms with Crippen LogP contribution in [-0.2, 0) is 11.3 Å². The Balaban J connectivity index is 2.24. The van der Waals surface area contributed by atoms with Crippen LogP contribution >= 0.6 is 0 Å². The summed E-state index contributed by atoms with van der Waals surface area (Å²) >= 11 is 0. The molecule has 18 heavy (non-hydrogen) atoms. The van der Waals surface area contributed by atoms with Crippen molar-refractivity contribution in [3.05, 3.63) is 24.2 Å². The number of halogens is 2. The van der Waals surface area contributed by atoms with Crippen LogP contribution in [-0.4, -0.2) is 36.1 Å². The van der Waals surface area contributed by atoms with Gasteiger partial charge in [0.05, 0.1) is 18.8 Å². The van der Waals surface area contributed by atoms with E-state index in [4.69, 9.17) is 9.52 Å². The Kier molecular flexibility index (Phi) is 5.73. The molecule has 0 spiro atoms. The van der Waals surface area contributed by atoms with Crippen LogP contribution < -0.4 is 10.6 Å². The number of carbonyl (C=O) groups is 1. The van der Waals surface area contributed by atoms with Crippen molar-refractivity contribution in [2.24, 2.45) is 0 Å². The van der Waals surface area contributed by atoms with Gasteiger partial charge in [-0.2, -0.15) is 0 Å². The molecule has 0 saturated carbocycles. The molecule has 1 aromatic heterocycles. The Morgan fingerprint density at radius 1 is 1.56 bits per heavy atom. The number of rotatable bonds is 7.